The fraction of sp³-hybridized carbons (Fsp3) is 0.211. The largest absolute Gasteiger partial charge is 0.573 e. The van der Waals surface area contributed by atoms with Crippen LogP contribution in [-0.4, -0.2) is 46.5 Å². The summed E-state index contributed by atoms with van der Waals surface area (Å²) in [6, 6.07) is 8.52. The van der Waals surface area contributed by atoms with Gasteiger partial charge in [-0.15, -0.1) is 13.2 Å². The maximum atomic E-state index is 12.6. The summed E-state index contributed by atoms with van der Waals surface area (Å²) in [6.07, 6.45) is -4.82. The molecule has 162 valence electrons. The van der Waals surface area contributed by atoms with Gasteiger partial charge in [0.05, 0.1) is 0 Å². The van der Waals surface area contributed by atoms with Crippen LogP contribution in [0.3, 0.4) is 0 Å². The zero-order valence-corrected chi connectivity index (χ0v) is 16.2. The molecule has 2 aliphatic rings. The standard InChI is InChI=1S/C19H13ClF3N3O5/c20-11-1-6-14-10(7-11)8-18(16(27)28)15(14)25-26(9-30-18)17(29)24-12-2-4-13(5-3-12)31-19(21,22)23/h1-7H,8-9H2,(H,24,29)(H,27,28)/t18-/m0/s1. The molecule has 1 heterocycles. The van der Waals surface area contributed by atoms with Gasteiger partial charge < -0.3 is 19.9 Å². The Kier molecular flexibility index (Phi) is 5.02. The van der Waals surface area contributed by atoms with E-state index in [-0.39, 0.29) is 17.8 Å². The first kappa shape index (κ1) is 20.9. The number of nitrogens with one attached hydrogen (secondary N) is 1. The van der Waals surface area contributed by atoms with E-state index in [1.807, 2.05) is 0 Å². The van der Waals surface area contributed by atoms with E-state index in [9.17, 15) is 27.9 Å². The Labute approximate surface area is 177 Å². The van der Waals surface area contributed by atoms with Crippen molar-refractivity contribution in [2.24, 2.45) is 5.10 Å². The topological polar surface area (TPSA) is 100 Å². The molecule has 4 rings (SSSR count). The van der Waals surface area contributed by atoms with Crippen LogP contribution in [-0.2, 0) is 16.0 Å². The highest BCUT2D eigenvalue weighted by Crippen LogP contribution is 2.38. The molecule has 2 aromatic rings. The molecule has 1 aliphatic heterocycles. The Bertz CT molecular complexity index is 1090. The molecule has 2 amide bonds. The Balaban J connectivity index is 1.56. The number of hydrogen-bond acceptors (Lipinski definition) is 5. The lowest BCUT2D eigenvalue weighted by atomic mass is 9.98. The molecule has 31 heavy (non-hydrogen) atoms. The number of carboxylic acid groups (broad SMARTS) is 1. The van der Waals surface area contributed by atoms with Gasteiger partial charge in [0.25, 0.3) is 0 Å². The van der Waals surface area contributed by atoms with Crippen LogP contribution in [0.15, 0.2) is 47.6 Å². The van der Waals surface area contributed by atoms with Crippen molar-refractivity contribution in [3.8, 4) is 5.75 Å². The fourth-order valence-electron chi connectivity index (χ4n) is 3.35. The highest BCUT2D eigenvalue weighted by molar-refractivity contribution is 6.31. The monoisotopic (exact) mass is 455 g/mol. The molecular weight excluding hydrogens is 443 g/mol. The van der Waals surface area contributed by atoms with Gasteiger partial charge >= 0.3 is 18.4 Å². The summed E-state index contributed by atoms with van der Waals surface area (Å²) >= 11 is 5.99. The average molecular weight is 456 g/mol. The minimum atomic E-state index is -4.83. The van der Waals surface area contributed by atoms with E-state index in [0.717, 1.165) is 17.1 Å². The number of anilines is 1. The maximum Gasteiger partial charge on any atom is 0.573 e. The molecule has 0 radical (unpaired) electrons. The number of ether oxygens (including phenoxy) is 2. The molecular formula is C19H13ClF3N3O5. The summed E-state index contributed by atoms with van der Waals surface area (Å²) < 4.78 is 46.1. The average Bonchev–Trinajstić information content (AvgIpc) is 3.02. The lowest BCUT2D eigenvalue weighted by Gasteiger charge is -2.33. The Morgan fingerprint density at radius 3 is 2.58 bits per heavy atom. The van der Waals surface area contributed by atoms with Crippen molar-refractivity contribution in [1.82, 2.24) is 5.01 Å². The third kappa shape index (κ3) is 4.01. The Morgan fingerprint density at radius 1 is 1.23 bits per heavy atom. The molecule has 12 heteroatoms. The highest BCUT2D eigenvalue weighted by atomic mass is 35.5. The number of alkyl halides is 3. The SMILES string of the molecule is O=C(Nc1ccc(OC(F)(F)F)cc1)N1CO[C@@]2(C(=O)O)Cc3cc(Cl)ccc3C2=N1. The number of fused-ring (bicyclic) bond motifs is 3. The van der Waals surface area contributed by atoms with Crippen molar-refractivity contribution in [2.45, 2.75) is 18.4 Å². The van der Waals surface area contributed by atoms with E-state index in [2.05, 4.69) is 15.2 Å². The van der Waals surface area contributed by atoms with E-state index in [4.69, 9.17) is 16.3 Å². The van der Waals surface area contributed by atoms with Crippen LogP contribution in [0.1, 0.15) is 11.1 Å². The van der Waals surface area contributed by atoms with Crippen LogP contribution < -0.4 is 10.1 Å². The third-order valence-corrected chi connectivity index (χ3v) is 4.95. The minimum absolute atomic E-state index is 0.00713. The number of carbonyl (C=O) groups is 2. The summed E-state index contributed by atoms with van der Waals surface area (Å²) in [7, 11) is 0. The molecule has 0 aromatic heterocycles. The molecule has 0 bridgehead atoms. The van der Waals surface area contributed by atoms with Crippen molar-refractivity contribution in [2.75, 3.05) is 12.0 Å². The van der Waals surface area contributed by atoms with Crippen molar-refractivity contribution in [3.05, 3.63) is 58.6 Å². The molecule has 0 saturated carbocycles. The number of amides is 2. The van der Waals surface area contributed by atoms with Crippen LogP contribution >= 0.6 is 11.6 Å². The molecule has 2 aromatic carbocycles. The van der Waals surface area contributed by atoms with Crippen molar-refractivity contribution in [3.63, 3.8) is 0 Å². The molecule has 1 aliphatic carbocycles. The second-order valence-electron chi connectivity index (χ2n) is 6.73. The zero-order chi connectivity index (χ0) is 22.4. The van der Waals surface area contributed by atoms with Crippen molar-refractivity contribution < 1.29 is 37.3 Å². The van der Waals surface area contributed by atoms with E-state index in [1.165, 1.54) is 12.1 Å². The van der Waals surface area contributed by atoms with Gasteiger partial charge in [0.2, 0.25) is 5.60 Å². The third-order valence-electron chi connectivity index (χ3n) is 4.72. The normalized spacial score (nSPS) is 19.9. The second kappa shape index (κ2) is 7.43. The maximum absolute atomic E-state index is 12.6. The number of aliphatic carboxylic acids is 1. The summed E-state index contributed by atoms with van der Waals surface area (Å²) in [5.74, 6) is -1.70. The summed E-state index contributed by atoms with van der Waals surface area (Å²) in [5, 5.41) is 17.7. The fourth-order valence-corrected chi connectivity index (χ4v) is 3.55. The first-order chi connectivity index (χ1) is 14.6. The molecule has 0 spiro atoms. The lowest BCUT2D eigenvalue weighted by molar-refractivity contribution is -0.274. The number of rotatable bonds is 3. The van der Waals surface area contributed by atoms with Gasteiger partial charge in [-0.25, -0.2) is 9.59 Å². The van der Waals surface area contributed by atoms with Crippen LogP contribution in [0.5, 0.6) is 5.75 Å². The number of urea groups is 1. The predicted molar refractivity (Wildman–Crippen MR) is 102 cm³/mol. The van der Waals surface area contributed by atoms with Gasteiger partial charge in [-0.1, -0.05) is 17.7 Å². The Hall–Kier alpha value is -3.31. The van der Waals surface area contributed by atoms with Crippen LogP contribution in [0.25, 0.3) is 0 Å². The smallest absolute Gasteiger partial charge is 0.479 e. The van der Waals surface area contributed by atoms with Crippen LogP contribution in [0.2, 0.25) is 5.02 Å². The number of benzene rings is 2. The van der Waals surface area contributed by atoms with Gasteiger partial charge in [-0.2, -0.15) is 10.1 Å². The van der Waals surface area contributed by atoms with E-state index >= 15 is 0 Å². The summed E-state index contributed by atoms with van der Waals surface area (Å²) in [4.78, 5) is 24.5. The number of carbonyl (C=O) groups excluding carboxylic acids is 1. The van der Waals surface area contributed by atoms with Gasteiger partial charge in [0.1, 0.15) is 18.2 Å². The predicted octanol–water partition coefficient (Wildman–Crippen LogP) is 3.84. The molecule has 0 unspecified atom stereocenters. The van der Waals surface area contributed by atoms with Crippen molar-refractivity contribution in [1.29, 1.82) is 0 Å². The van der Waals surface area contributed by atoms with Crippen molar-refractivity contribution >= 4 is 35.0 Å². The van der Waals surface area contributed by atoms with Gasteiger partial charge in [-0.3, -0.25) is 0 Å². The quantitative estimate of drug-likeness (QED) is 0.732. The van der Waals surface area contributed by atoms with E-state index in [0.29, 0.717) is 16.1 Å². The highest BCUT2D eigenvalue weighted by Gasteiger charge is 2.54. The summed E-state index contributed by atoms with van der Waals surface area (Å²) in [5.41, 5.74) is -0.384. The number of hydrogen-bond donors (Lipinski definition) is 2. The van der Waals surface area contributed by atoms with Crippen LogP contribution in [0.4, 0.5) is 23.7 Å². The zero-order valence-electron chi connectivity index (χ0n) is 15.4. The first-order valence-corrected chi connectivity index (χ1v) is 9.15. The van der Waals surface area contributed by atoms with E-state index < -0.39 is 36.4 Å². The first-order valence-electron chi connectivity index (χ1n) is 8.77. The molecule has 1 atom stereocenters. The lowest BCUT2D eigenvalue weighted by Crippen LogP contribution is -2.54. The molecule has 8 nitrogen and oxygen atoms in total. The number of hydrazone groups is 1. The van der Waals surface area contributed by atoms with Gasteiger partial charge in [0.15, 0.2) is 0 Å². The molecule has 0 saturated heterocycles. The van der Waals surface area contributed by atoms with E-state index in [1.54, 1.807) is 18.2 Å². The number of carboxylic acids is 1. The number of nitrogens with zero attached hydrogens (tertiary/aromatic N) is 2. The molecule has 2 N–H and O–H groups in total. The number of halogens is 4. The minimum Gasteiger partial charge on any atom is -0.479 e. The van der Waals surface area contributed by atoms with Gasteiger partial charge in [-0.05, 0) is 42.0 Å². The second-order valence-corrected chi connectivity index (χ2v) is 7.17. The molecule has 0 fully saturated rings. The van der Waals surface area contributed by atoms with Crippen LogP contribution in [0, 0.1) is 0 Å². The Morgan fingerprint density at radius 2 is 1.94 bits per heavy atom. The summed E-state index contributed by atoms with van der Waals surface area (Å²) in [6.45, 7) is -0.446. The van der Waals surface area contributed by atoms with Gasteiger partial charge in [0, 0.05) is 22.7 Å².